The fourth-order valence-corrected chi connectivity index (χ4v) is 2.49. The molecule has 2 rings (SSSR count). The van der Waals surface area contributed by atoms with Gasteiger partial charge in [0.2, 0.25) is 0 Å². The van der Waals surface area contributed by atoms with Crippen LogP contribution in [0.1, 0.15) is 24.3 Å². The van der Waals surface area contributed by atoms with Crippen LogP contribution in [0.4, 0.5) is 5.69 Å². The summed E-state index contributed by atoms with van der Waals surface area (Å²) in [6.07, 6.45) is 4.53. The molecule has 0 bridgehead atoms. The van der Waals surface area contributed by atoms with Gasteiger partial charge < -0.3 is 5.73 Å². The molecule has 86 valence electrons. The number of rotatable bonds is 3. The van der Waals surface area contributed by atoms with Gasteiger partial charge in [0, 0.05) is 18.8 Å². The molecule has 1 fully saturated rings. The van der Waals surface area contributed by atoms with Crippen molar-refractivity contribution in [1.82, 2.24) is 4.90 Å². The molecule has 2 N–H and O–H groups in total. The minimum absolute atomic E-state index is 0.636. The summed E-state index contributed by atoms with van der Waals surface area (Å²) in [5, 5.41) is 0. The number of likely N-dealkylation sites (tertiary alicyclic amines) is 1. The molecule has 1 aromatic rings. The fourth-order valence-electron chi connectivity index (χ4n) is 2.49. The van der Waals surface area contributed by atoms with Gasteiger partial charge in [-0.15, -0.1) is 6.58 Å². The predicted octanol–water partition coefficient (Wildman–Crippen LogP) is 2.63. The van der Waals surface area contributed by atoms with E-state index in [1.165, 1.54) is 24.9 Å². The monoisotopic (exact) mass is 216 g/mol. The Hall–Kier alpha value is -1.28. The fraction of sp³-hybridized carbons (Fsp3) is 0.429. The lowest BCUT2D eigenvalue weighted by molar-refractivity contribution is 0.228. The van der Waals surface area contributed by atoms with Crippen LogP contribution in [0.25, 0.3) is 0 Å². The van der Waals surface area contributed by atoms with Crippen LogP contribution >= 0.6 is 0 Å². The van der Waals surface area contributed by atoms with E-state index in [4.69, 9.17) is 5.73 Å². The Labute approximate surface area is 97.8 Å². The first-order chi connectivity index (χ1) is 7.79. The van der Waals surface area contributed by atoms with Crippen molar-refractivity contribution in [2.75, 3.05) is 25.4 Å². The molecule has 1 unspecified atom stereocenters. The Morgan fingerprint density at radius 3 is 3.12 bits per heavy atom. The van der Waals surface area contributed by atoms with Crippen molar-refractivity contribution in [3.63, 3.8) is 0 Å². The molecule has 1 heterocycles. The molecule has 0 spiro atoms. The average Bonchev–Trinajstić information content (AvgIpc) is 2.30. The van der Waals surface area contributed by atoms with Crippen LogP contribution in [0, 0.1) is 0 Å². The number of hydrogen-bond acceptors (Lipinski definition) is 2. The molecule has 0 saturated carbocycles. The van der Waals surface area contributed by atoms with E-state index in [2.05, 4.69) is 29.7 Å². The van der Waals surface area contributed by atoms with Crippen LogP contribution in [0.2, 0.25) is 0 Å². The van der Waals surface area contributed by atoms with Gasteiger partial charge >= 0.3 is 0 Å². The molecule has 1 aromatic carbocycles. The van der Waals surface area contributed by atoms with Crippen molar-refractivity contribution in [2.24, 2.45) is 0 Å². The van der Waals surface area contributed by atoms with E-state index >= 15 is 0 Å². The summed E-state index contributed by atoms with van der Waals surface area (Å²) < 4.78 is 0. The normalized spacial score (nSPS) is 21.9. The maximum atomic E-state index is 5.83. The summed E-state index contributed by atoms with van der Waals surface area (Å²) in [7, 11) is 0. The topological polar surface area (TPSA) is 29.3 Å². The van der Waals surface area contributed by atoms with E-state index in [-0.39, 0.29) is 0 Å². The summed E-state index contributed by atoms with van der Waals surface area (Å²) in [6.45, 7) is 7.14. The Morgan fingerprint density at radius 2 is 2.38 bits per heavy atom. The Bertz CT molecular complexity index is 360. The molecule has 16 heavy (non-hydrogen) atoms. The third-order valence-corrected chi connectivity index (χ3v) is 3.27. The number of benzene rings is 1. The standard InChI is InChI=1S/C14H20N2/c1-2-8-16-9-4-6-13(11-16)12-5-3-7-14(15)10-12/h2-3,5,7,10,13H,1,4,6,8-9,11,15H2. The van der Waals surface area contributed by atoms with E-state index in [1.807, 2.05) is 12.1 Å². The lowest BCUT2D eigenvalue weighted by Crippen LogP contribution is -2.34. The number of anilines is 1. The minimum Gasteiger partial charge on any atom is -0.399 e. The molecule has 0 amide bonds. The second kappa shape index (κ2) is 5.17. The zero-order valence-electron chi connectivity index (χ0n) is 9.73. The second-order valence-electron chi connectivity index (χ2n) is 4.56. The third kappa shape index (κ3) is 2.64. The highest BCUT2D eigenvalue weighted by Crippen LogP contribution is 2.27. The highest BCUT2D eigenvalue weighted by atomic mass is 15.1. The number of nitrogens with two attached hydrogens (primary N) is 1. The first kappa shape index (κ1) is 11.2. The number of piperidine rings is 1. The molecule has 0 radical (unpaired) electrons. The number of nitrogens with zero attached hydrogens (tertiary/aromatic N) is 1. The van der Waals surface area contributed by atoms with Crippen LogP contribution in [0.5, 0.6) is 0 Å². The van der Waals surface area contributed by atoms with Gasteiger partial charge in [-0.2, -0.15) is 0 Å². The van der Waals surface area contributed by atoms with Crippen LogP contribution < -0.4 is 5.73 Å². The highest BCUT2D eigenvalue weighted by Gasteiger charge is 2.20. The van der Waals surface area contributed by atoms with E-state index in [0.29, 0.717) is 5.92 Å². The van der Waals surface area contributed by atoms with Gasteiger partial charge in [-0.25, -0.2) is 0 Å². The third-order valence-electron chi connectivity index (χ3n) is 3.27. The summed E-state index contributed by atoms with van der Waals surface area (Å²) in [5.41, 5.74) is 8.09. The Kier molecular flexibility index (Phi) is 3.62. The van der Waals surface area contributed by atoms with Crippen molar-refractivity contribution < 1.29 is 0 Å². The summed E-state index contributed by atoms with van der Waals surface area (Å²) in [5.74, 6) is 0.636. The van der Waals surface area contributed by atoms with Crippen LogP contribution in [0.15, 0.2) is 36.9 Å². The molecule has 2 heteroatoms. The zero-order chi connectivity index (χ0) is 11.4. The van der Waals surface area contributed by atoms with E-state index in [0.717, 1.165) is 18.8 Å². The lowest BCUT2D eigenvalue weighted by Gasteiger charge is -2.32. The van der Waals surface area contributed by atoms with Gasteiger partial charge in [0.05, 0.1) is 0 Å². The Morgan fingerprint density at radius 1 is 1.50 bits per heavy atom. The smallest absolute Gasteiger partial charge is 0.0316 e. The van der Waals surface area contributed by atoms with Crippen LogP contribution in [0.3, 0.4) is 0 Å². The largest absolute Gasteiger partial charge is 0.399 e. The molecule has 0 aromatic heterocycles. The predicted molar refractivity (Wildman–Crippen MR) is 69.5 cm³/mol. The van der Waals surface area contributed by atoms with Gasteiger partial charge in [-0.3, -0.25) is 4.90 Å². The minimum atomic E-state index is 0.636. The molecule has 0 aliphatic carbocycles. The van der Waals surface area contributed by atoms with Gasteiger partial charge in [-0.1, -0.05) is 18.2 Å². The summed E-state index contributed by atoms with van der Waals surface area (Å²) in [4.78, 5) is 2.46. The van der Waals surface area contributed by atoms with Crippen molar-refractivity contribution in [1.29, 1.82) is 0 Å². The van der Waals surface area contributed by atoms with Crippen molar-refractivity contribution in [3.8, 4) is 0 Å². The van der Waals surface area contributed by atoms with Gasteiger partial charge in [0.25, 0.3) is 0 Å². The first-order valence-electron chi connectivity index (χ1n) is 5.98. The van der Waals surface area contributed by atoms with E-state index in [1.54, 1.807) is 0 Å². The Balaban J connectivity index is 2.06. The van der Waals surface area contributed by atoms with Crippen molar-refractivity contribution in [2.45, 2.75) is 18.8 Å². The first-order valence-corrected chi connectivity index (χ1v) is 5.98. The van der Waals surface area contributed by atoms with Crippen LogP contribution in [-0.4, -0.2) is 24.5 Å². The summed E-state index contributed by atoms with van der Waals surface area (Å²) >= 11 is 0. The van der Waals surface area contributed by atoms with E-state index < -0.39 is 0 Å². The number of nitrogen functional groups attached to an aromatic ring is 1. The second-order valence-corrected chi connectivity index (χ2v) is 4.56. The molecular formula is C14H20N2. The molecule has 1 aliphatic rings. The highest BCUT2D eigenvalue weighted by molar-refractivity contribution is 5.42. The van der Waals surface area contributed by atoms with Crippen molar-refractivity contribution in [3.05, 3.63) is 42.5 Å². The molecule has 1 atom stereocenters. The lowest BCUT2D eigenvalue weighted by atomic mass is 9.90. The maximum absolute atomic E-state index is 5.83. The SMILES string of the molecule is C=CCN1CCCC(c2cccc(N)c2)C1. The molecule has 2 nitrogen and oxygen atoms in total. The van der Waals surface area contributed by atoms with Gasteiger partial charge in [-0.05, 0) is 43.0 Å². The molecular weight excluding hydrogens is 196 g/mol. The zero-order valence-corrected chi connectivity index (χ0v) is 9.73. The quantitative estimate of drug-likeness (QED) is 0.621. The summed E-state index contributed by atoms with van der Waals surface area (Å²) in [6, 6.07) is 8.31. The molecule has 1 aliphatic heterocycles. The van der Waals surface area contributed by atoms with Gasteiger partial charge in [0.1, 0.15) is 0 Å². The van der Waals surface area contributed by atoms with E-state index in [9.17, 15) is 0 Å². The average molecular weight is 216 g/mol. The van der Waals surface area contributed by atoms with Crippen LogP contribution in [-0.2, 0) is 0 Å². The molecule has 1 saturated heterocycles. The van der Waals surface area contributed by atoms with Gasteiger partial charge in [0.15, 0.2) is 0 Å². The van der Waals surface area contributed by atoms with Crippen molar-refractivity contribution >= 4 is 5.69 Å². The number of hydrogen-bond donors (Lipinski definition) is 1. The maximum Gasteiger partial charge on any atom is 0.0316 e.